The molecule has 23 heavy (non-hydrogen) atoms. The molecule has 0 saturated heterocycles. The number of carbonyl (C=O) groups excluding carboxylic acids is 1. The van der Waals surface area contributed by atoms with Crippen molar-refractivity contribution in [2.75, 3.05) is 13.7 Å². The van der Waals surface area contributed by atoms with Crippen LogP contribution in [0.4, 0.5) is 0 Å². The summed E-state index contributed by atoms with van der Waals surface area (Å²) in [4.78, 5) is 12.8. The summed E-state index contributed by atoms with van der Waals surface area (Å²) in [5, 5.41) is 10.5. The van der Waals surface area contributed by atoms with E-state index in [2.05, 4.69) is 11.2 Å². The minimum Gasteiger partial charge on any atom is -0.497 e. The van der Waals surface area contributed by atoms with Crippen LogP contribution in [0.3, 0.4) is 0 Å². The number of carbonyl (C=O) groups is 1. The second-order valence-electron chi connectivity index (χ2n) is 4.96. The monoisotopic (exact) mass is 330 g/mol. The van der Waals surface area contributed by atoms with Gasteiger partial charge in [0.25, 0.3) is 0 Å². The molecule has 2 rings (SSSR count). The van der Waals surface area contributed by atoms with E-state index < -0.39 is 11.9 Å². The lowest BCUT2D eigenvalue weighted by Crippen LogP contribution is -2.35. The Morgan fingerprint density at radius 3 is 2.57 bits per heavy atom. The Bertz CT molecular complexity index is 716. The number of nitrogens with one attached hydrogen (secondary N) is 2. The highest BCUT2D eigenvalue weighted by Gasteiger charge is 2.35. The molecule has 0 saturated carbocycles. The molecular weight excluding hydrogens is 312 g/mol. The largest absolute Gasteiger partial charge is 0.497 e. The van der Waals surface area contributed by atoms with Gasteiger partial charge in [0.1, 0.15) is 10.7 Å². The van der Waals surface area contributed by atoms with Crippen molar-refractivity contribution in [3.8, 4) is 5.75 Å². The van der Waals surface area contributed by atoms with Crippen LogP contribution in [0, 0.1) is 5.41 Å². The standard InChI is InChI=1S/C17H18N2O3S/c1-4-22-17(20)14-10(2)19-16(23)13(9-18)15(14)11-5-7-12(21-3)8-6-11/h5-8,15,18H,4H2,1-3H3,(H,19,23). The fourth-order valence-corrected chi connectivity index (χ4v) is 2.86. The van der Waals surface area contributed by atoms with Crippen molar-refractivity contribution in [2.45, 2.75) is 19.8 Å². The summed E-state index contributed by atoms with van der Waals surface area (Å²) in [5.41, 5.74) is 2.35. The number of esters is 1. The van der Waals surface area contributed by atoms with Crippen molar-refractivity contribution in [1.29, 1.82) is 5.41 Å². The molecule has 120 valence electrons. The quantitative estimate of drug-likeness (QED) is 0.384. The van der Waals surface area contributed by atoms with Gasteiger partial charge in [-0.05, 0) is 37.4 Å². The zero-order valence-corrected chi connectivity index (χ0v) is 14.0. The zero-order valence-electron chi connectivity index (χ0n) is 13.2. The van der Waals surface area contributed by atoms with Crippen LogP contribution >= 0.6 is 12.2 Å². The van der Waals surface area contributed by atoms with Crippen LogP contribution in [0.15, 0.2) is 41.1 Å². The van der Waals surface area contributed by atoms with E-state index in [4.69, 9.17) is 27.1 Å². The Kier molecular flexibility index (Phi) is 5.32. The van der Waals surface area contributed by atoms with Gasteiger partial charge >= 0.3 is 5.97 Å². The molecular formula is C17H18N2O3S. The fourth-order valence-electron chi connectivity index (χ4n) is 2.54. The van der Waals surface area contributed by atoms with Crippen LogP contribution < -0.4 is 10.1 Å². The minimum absolute atomic E-state index is 0.277. The molecule has 6 heteroatoms. The van der Waals surface area contributed by atoms with Crippen LogP contribution in [-0.4, -0.2) is 30.5 Å². The van der Waals surface area contributed by atoms with Gasteiger partial charge in [0.05, 0.1) is 30.8 Å². The first kappa shape index (κ1) is 16.9. The second-order valence-corrected chi connectivity index (χ2v) is 5.37. The summed E-state index contributed by atoms with van der Waals surface area (Å²) in [5.74, 6) is 2.18. The average Bonchev–Trinajstić information content (AvgIpc) is 2.54. The van der Waals surface area contributed by atoms with E-state index >= 15 is 0 Å². The van der Waals surface area contributed by atoms with Gasteiger partial charge in [-0.3, -0.25) is 5.41 Å². The highest BCUT2D eigenvalue weighted by molar-refractivity contribution is 7.80. The number of hydrogen-bond donors (Lipinski definition) is 2. The summed E-state index contributed by atoms with van der Waals surface area (Å²) >= 11 is 5.29. The number of benzene rings is 1. The molecule has 0 fully saturated rings. The molecule has 1 aliphatic heterocycles. The lowest BCUT2D eigenvalue weighted by molar-refractivity contribution is -0.138. The van der Waals surface area contributed by atoms with Crippen LogP contribution in [0.2, 0.25) is 0 Å². The van der Waals surface area contributed by atoms with Crippen molar-refractivity contribution in [3.05, 3.63) is 46.7 Å². The molecule has 1 aromatic rings. The number of ether oxygens (including phenoxy) is 2. The molecule has 0 bridgehead atoms. The number of thiocarbonyl (C=S) groups is 1. The molecule has 0 aliphatic carbocycles. The van der Waals surface area contributed by atoms with E-state index in [-0.39, 0.29) is 6.61 Å². The van der Waals surface area contributed by atoms with Crippen LogP contribution in [0.1, 0.15) is 25.3 Å². The van der Waals surface area contributed by atoms with E-state index in [0.717, 1.165) is 5.56 Å². The van der Waals surface area contributed by atoms with E-state index in [1.165, 1.54) is 0 Å². The first-order chi connectivity index (χ1) is 11.0. The van der Waals surface area contributed by atoms with Gasteiger partial charge in [-0.15, -0.1) is 0 Å². The van der Waals surface area contributed by atoms with E-state index in [1.807, 2.05) is 12.1 Å². The Labute approximate surface area is 140 Å². The SMILES string of the molecule is CCOC(=O)C1=C(C)NC(=S)C(=C=N)C1c1ccc(OC)cc1. The number of hydrogen-bond acceptors (Lipinski definition) is 5. The molecule has 0 radical (unpaired) electrons. The molecule has 1 atom stereocenters. The lowest BCUT2D eigenvalue weighted by Gasteiger charge is -2.29. The zero-order chi connectivity index (χ0) is 17.0. The van der Waals surface area contributed by atoms with Crippen LogP contribution in [-0.2, 0) is 9.53 Å². The smallest absolute Gasteiger partial charge is 0.336 e. The van der Waals surface area contributed by atoms with Crippen LogP contribution in [0.5, 0.6) is 5.75 Å². The molecule has 1 unspecified atom stereocenters. The van der Waals surface area contributed by atoms with Gasteiger partial charge < -0.3 is 14.8 Å². The molecule has 1 aromatic carbocycles. The van der Waals surface area contributed by atoms with Gasteiger partial charge in [-0.2, -0.15) is 0 Å². The average molecular weight is 330 g/mol. The maximum atomic E-state index is 12.4. The van der Waals surface area contributed by atoms with Crippen molar-refractivity contribution < 1.29 is 14.3 Å². The maximum Gasteiger partial charge on any atom is 0.336 e. The molecule has 5 nitrogen and oxygen atoms in total. The highest BCUT2D eigenvalue weighted by Crippen LogP contribution is 2.37. The van der Waals surface area contributed by atoms with Gasteiger partial charge in [0.15, 0.2) is 0 Å². The molecule has 1 aliphatic rings. The topological polar surface area (TPSA) is 71.4 Å². The Morgan fingerprint density at radius 2 is 2.04 bits per heavy atom. The third-order valence-electron chi connectivity index (χ3n) is 3.61. The number of rotatable bonds is 4. The minimum atomic E-state index is -0.480. The van der Waals surface area contributed by atoms with E-state index in [0.29, 0.717) is 27.6 Å². The fraction of sp³-hybridized carbons (Fsp3) is 0.294. The Balaban J connectivity index is 2.59. The van der Waals surface area contributed by atoms with Gasteiger partial charge in [-0.25, -0.2) is 4.79 Å². The summed E-state index contributed by atoms with van der Waals surface area (Å²) in [6, 6.07) is 7.31. The molecule has 0 aromatic heterocycles. The third kappa shape index (κ3) is 3.33. The van der Waals surface area contributed by atoms with Gasteiger partial charge in [0, 0.05) is 5.70 Å². The first-order valence-corrected chi connectivity index (χ1v) is 7.57. The second kappa shape index (κ2) is 7.22. The molecule has 1 heterocycles. The summed E-state index contributed by atoms with van der Waals surface area (Å²) in [6.45, 7) is 3.80. The van der Waals surface area contributed by atoms with Crippen molar-refractivity contribution in [2.24, 2.45) is 0 Å². The van der Waals surface area contributed by atoms with Crippen molar-refractivity contribution in [3.63, 3.8) is 0 Å². The summed E-state index contributed by atoms with van der Waals surface area (Å²) in [7, 11) is 1.59. The Hall–Kier alpha value is -2.43. The number of allylic oxidation sites excluding steroid dienone is 1. The third-order valence-corrected chi connectivity index (χ3v) is 3.93. The Morgan fingerprint density at radius 1 is 1.39 bits per heavy atom. The first-order valence-electron chi connectivity index (χ1n) is 7.16. The van der Waals surface area contributed by atoms with Gasteiger partial charge in [0.2, 0.25) is 0 Å². The number of methoxy groups -OCH3 is 1. The molecule has 2 N–H and O–H groups in total. The highest BCUT2D eigenvalue weighted by atomic mass is 32.1. The predicted octanol–water partition coefficient (Wildman–Crippen LogP) is 2.72. The molecule has 0 spiro atoms. The van der Waals surface area contributed by atoms with Gasteiger partial charge in [-0.1, -0.05) is 24.4 Å². The van der Waals surface area contributed by atoms with Crippen molar-refractivity contribution in [1.82, 2.24) is 5.32 Å². The lowest BCUT2D eigenvalue weighted by atomic mass is 9.81. The summed E-state index contributed by atoms with van der Waals surface area (Å²) in [6.07, 6.45) is 0. The van der Waals surface area contributed by atoms with E-state index in [1.54, 1.807) is 33.1 Å². The maximum absolute atomic E-state index is 12.4. The normalized spacial score (nSPS) is 17.4. The van der Waals surface area contributed by atoms with Crippen LogP contribution in [0.25, 0.3) is 0 Å². The summed E-state index contributed by atoms with van der Waals surface area (Å²) < 4.78 is 10.3. The predicted molar refractivity (Wildman–Crippen MR) is 92.0 cm³/mol. The van der Waals surface area contributed by atoms with E-state index in [9.17, 15) is 4.79 Å². The molecule has 0 amide bonds. The van der Waals surface area contributed by atoms with Crippen molar-refractivity contribution >= 4 is 29.0 Å².